The van der Waals surface area contributed by atoms with Gasteiger partial charge in [0.2, 0.25) is 0 Å². The average molecular weight is 403 g/mol. The SMILES string of the molecule is COc1ccc(C(O)c2ccc(C(O)c3ccc(OC)cc3)[se]2)cc1. The monoisotopic (exact) mass is 404 g/mol. The zero-order chi connectivity index (χ0) is 17.8. The van der Waals surface area contributed by atoms with E-state index in [1.807, 2.05) is 60.7 Å². The van der Waals surface area contributed by atoms with Crippen molar-refractivity contribution < 1.29 is 19.7 Å². The van der Waals surface area contributed by atoms with Gasteiger partial charge in [0.1, 0.15) is 0 Å². The standard InChI is InChI=1S/C20H20O4Se/c1-23-15-7-3-13(4-8-15)19(21)17-11-12-18(25-17)20(22)14-5-9-16(24-2)10-6-14/h3-12,19-22H,1-2H3. The van der Waals surface area contributed by atoms with Crippen molar-refractivity contribution in [2.24, 2.45) is 0 Å². The van der Waals surface area contributed by atoms with E-state index in [9.17, 15) is 10.2 Å². The molecule has 0 aliphatic heterocycles. The molecule has 0 saturated carbocycles. The van der Waals surface area contributed by atoms with Gasteiger partial charge in [-0.15, -0.1) is 0 Å². The summed E-state index contributed by atoms with van der Waals surface area (Å²) in [5.74, 6) is 1.52. The van der Waals surface area contributed by atoms with Crippen LogP contribution in [-0.2, 0) is 0 Å². The Morgan fingerprint density at radius 3 is 1.32 bits per heavy atom. The Labute approximate surface area is 153 Å². The molecule has 2 N–H and O–H groups in total. The molecule has 0 spiro atoms. The third-order valence-electron chi connectivity index (χ3n) is 4.05. The second-order valence-corrected chi connectivity index (χ2v) is 8.00. The van der Waals surface area contributed by atoms with Crippen LogP contribution < -0.4 is 9.47 Å². The molecule has 25 heavy (non-hydrogen) atoms. The third kappa shape index (κ3) is 3.97. The third-order valence-corrected chi connectivity index (χ3v) is 6.55. The molecule has 0 saturated heterocycles. The molecule has 2 aromatic carbocycles. The second kappa shape index (κ2) is 7.89. The van der Waals surface area contributed by atoms with E-state index in [-0.39, 0.29) is 14.5 Å². The minimum absolute atomic E-state index is 0.0985. The fraction of sp³-hybridized carbons (Fsp3) is 0.200. The number of rotatable bonds is 6. The van der Waals surface area contributed by atoms with Crippen molar-refractivity contribution in [1.29, 1.82) is 0 Å². The Hall–Kier alpha value is -2.04. The molecule has 2 atom stereocenters. The van der Waals surface area contributed by atoms with Crippen LogP contribution in [0.4, 0.5) is 0 Å². The molecule has 0 radical (unpaired) electrons. The molecule has 0 amide bonds. The van der Waals surface area contributed by atoms with Crippen molar-refractivity contribution in [2.75, 3.05) is 14.2 Å². The predicted octanol–water partition coefficient (Wildman–Crippen LogP) is 2.92. The fourth-order valence-corrected chi connectivity index (χ4v) is 4.74. The van der Waals surface area contributed by atoms with Gasteiger partial charge in [-0.1, -0.05) is 0 Å². The van der Waals surface area contributed by atoms with E-state index in [0.717, 1.165) is 31.5 Å². The van der Waals surface area contributed by atoms with Crippen LogP contribution in [0.3, 0.4) is 0 Å². The maximum absolute atomic E-state index is 10.6. The normalized spacial score (nSPS) is 13.3. The Morgan fingerprint density at radius 1 is 0.640 bits per heavy atom. The van der Waals surface area contributed by atoms with Crippen molar-refractivity contribution in [3.63, 3.8) is 0 Å². The topological polar surface area (TPSA) is 58.9 Å². The van der Waals surface area contributed by atoms with E-state index >= 15 is 0 Å². The maximum atomic E-state index is 10.6. The predicted molar refractivity (Wildman–Crippen MR) is 97.5 cm³/mol. The van der Waals surface area contributed by atoms with Crippen LogP contribution in [0.2, 0.25) is 0 Å². The first-order valence-corrected chi connectivity index (χ1v) is 9.57. The number of aliphatic hydroxyl groups excluding tert-OH is 2. The number of ether oxygens (including phenoxy) is 2. The molecule has 130 valence electrons. The van der Waals surface area contributed by atoms with Gasteiger partial charge < -0.3 is 0 Å². The Balaban J connectivity index is 1.78. The Kier molecular flexibility index (Phi) is 5.61. The molecule has 5 heteroatoms. The van der Waals surface area contributed by atoms with Crippen LogP contribution in [0, 0.1) is 0 Å². The van der Waals surface area contributed by atoms with Gasteiger partial charge in [-0.2, -0.15) is 0 Å². The molecule has 1 heterocycles. The van der Waals surface area contributed by atoms with Gasteiger partial charge in [0, 0.05) is 0 Å². The molecule has 3 rings (SSSR count). The van der Waals surface area contributed by atoms with Gasteiger partial charge >= 0.3 is 153 Å². The molecular weight excluding hydrogens is 383 g/mol. The summed E-state index contributed by atoms with van der Waals surface area (Å²) in [7, 11) is 3.23. The fourth-order valence-electron chi connectivity index (χ4n) is 2.56. The summed E-state index contributed by atoms with van der Waals surface area (Å²) in [6.07, 6.45) is -1.33. The van der Waals surface area contributed by atoms with Gasteiger partial charge in [0.05, 0.1) is 0 Å². The van der Waals surface area contributed by atoms with Crippen molar-refractivity contribution in [2.45, 2.75) is 12.2 Å². The summed E-state index contributed by atoms with van der Waals surface area (Å²) >= 11 is -0.0985. The van der Waals surface area contributed by atoms with Gasteiger partial charge in [0.25, 0.3) is 0 Å². The van der Waals surface area contributed by atoms with E-state index in [2.05, 4.69) is 0 Å². The summed E-state index contributed by atoms with van der Waals surface area (Å²) in [5, 5.41) is 21.2. The van der Waals surface area contributed by atoms with Crippen LogP contribution >= 0.6 is 0 Å². The van der Waals surface area contributed by atoms with Gasteiger partial charge in [-0.3, -0.25) is 0 Å². The summed E-state index contributed by atoms with van der Waals surface area (Å²) in [5.41, 5.74) is 1.64. The van der Waals surface area contributed by atoms with Crippen LogP contribution in [0.15, 0.2) is 60.7 Å². The Bertz CT molecular complexity index is 740. The molecule has 0 aliphatic carbocycles. The molecular formula is C20H20O4Se. The molecule has 0 aliphatic rings. The molecule has 4 nitrogen and oxygen atoms in total. The summed E-state index contributed by atoms with van der Waals surface area (Å²) in [4.78, 5) is 0. The number of aliphatic hydroxyl groups is 2. The van der Waals surface area contributed by atoms with Crippen LogP contribution in [0.25, 0.3) is 0 Å². The summed E-state index contributed by atoms with van der Waals surface area (Å²) < 4.78 is 12.1. The number of benzene rings is 2. The first-order chi connectivity index (χ1) is 12.1. The van der Waals surface area contributed by atoms with Crippen molar-refractivity contribution in [3.05, 3.63) is 80.7 Å². The van der Waals surface area contributed by atoms with Gasteiger partial charge in [0.15, 0.2) is 0 Å². The van der Waals surface area contributed by atoms with E-state index in [1.54, 1.807) is 14.2 Å². The van der Waals surface area contributed by atoms with E-state index in [4.69, 9.17) is 9.47 Å². The second-order valence-electron chi connectivity index (χ2n) is 5.59. The molecule has 1 aromatic heterocycles. The number of hydrogen-bond donors (Lipinski definition) is 2. The van der Waals surface area contributed by atoms with E-state index in [1.165, 1.54) is 0 Å². The van der Waals surface area contributed by atoms with Crippen LogP contribution in [0.5, 0.6) is 11.5 Å². The Morgan fingerprint density at radius 2 is 1.00 bits per heavy atom. The number of methoxy groups -OCH3 is 2. The van der Waals surface area contributed by atoms with Gasteiger partial charge in [-0.25, -0.2) is 0 Å². The first kappa shape index (κ1) is 17.8. The first-order valence-electron chi connectivity index (χ1n) is 7.86. The van der Waals surface area contributed by atoms with Crippen LogP contribution in [0.1, 0.15) is 32.2 Å². The zero-order valence-corrected chi connectivity index (χ0v) is 15.8. The van der Waals surface area contributed by atoms with Crippen molar-refractivity contribution in [1.82, 2.24) is 0 Å². The van der Waals surface area contributed by atoms with Crippen molar-refractivity contribution >= 4 is 14.5 Å². The molecule has 0 fully saturated rings. The van der Waals surface area contributed by atoms with E-state index < -0.39 is 12.2 Å². The summed E-state index contributed by atoms with van der Waals surface area (Å²) in [6.45, 7) is 0. The quantitative estimate of drug-likeness (QED) is 0.622. The number of hydrogen-bond acceptors (Lipinski definition) is 4. The van der Waals surface area contributed by atoms with Crippen LogP contribution in [-0.4, -0.2) is 38.9 Å². The van der Waals surface area contributed by atoms with Gasteiger partial charge in [-0.05, 0) is 0 Å². The molecule has 2 unspecified atom stereocenters. The average Bonchev–Trinajstić information content (AvgIpc) is 3.17. The van der Waals surface area contributed by atoms with E-state index in [0.29, 0.717) is 0 Å². The molecule has 0 bridgehead atoms. The minimum atomic E-state index is -0.664. The van der Waals surface area contributed by atoms with Crippen molar-refractivity contribution in [3.8, 4) is 11.5 Å². The summed E-state index contributed by atoms with van der Waals surface area (Å²) in [6, 6.07) is 18.6. The molecule has 3 aromatic rings. The zero-order valence-electron chi connectivity index (χ0n) is 14.0.